The monoisotopic (exact) mass is 259 g/mol. The van der Waals surface area contributed by atoms with Crippen molar-refractivity contribution in [2.45, 2.75) is 13.8 Å². The van der Waals surface area contributed by atoms with E-state index in [-0.39, 0.29) is 5.96 Å². The Kier molecular flexibility index (Phi) is 5.35. The first-order chi connectivity index (χ1) is 9.06. The molecule has 0 aliphatic carbocycles. The summed E-state index contributed by atoms with van der Waals surface area (Å²) in [5, 5.41) is 9.73. The molecule has 5 heteroatoms. The second-order valence-corrected chi connectivity index (χ2v) is 3.70. The molecule has 0 aromatic heterocycles. The minimum atomic E-state index is -0.409. The van der Waals surface area contributed by atoms with Gasteiger partial charge in [-0.1, -0.05) is 18.2 Å². The molecule has 0 saturated carbocycles. The van der Waals surface area contributed by atoms with E-state index in [0.29, 0.717) is 17.0 Å². The first-order valence-electron chi connectivity index (χ1n) is 5.79. The summed E-state index contributed by atoms with van der Waals surface area (Å²) < 4.78 is 5.21. The van der Waals surface area contributed by atoms with Gasteiger partial charge in [0.05, 0.1) is 5.57 Å². The van der Waals surface area contributed by atoms with Crippen molar-refractivity contribution in [3.63, 3.8) is 0 Å². The van der Waals surface area contributed by atoms with Crippen molar-refractivity contribution in [2.75, 3.05) is 5.32 Å². The highest BCUT2D eigenvalue weighted by molar-refractivity contribution is 5.93. The quantitative estimate of drug-likeness (QED) is 0.193. The molecule has 0 unspecified atom stereocenters. The third-order valence-electron chi connectivity index (χ3n) is 2.24. The van der Waals surface area contributed by atoms with Gasteiger partial charge in [-0.25, -0.2) is 4.79 Å². The maximum atomic E-state index is 11.8. The Morgan fingerprint density at radius 1 is 1.32 bits per heavy atom. The summed E-state index contributed by atoms with van der Waals surface area (Å²) in [6.45, 7) is 3.61. The molecule has 0 amide bonds. The van der Waals surface area contributed by atoms with Crippen molar-refractivity contribution in [1.82, 2.24) is 0 Å². The fourth-order valence-electron chi connectivity index (χ4n) is 1.39. The van der Waals surface area contributed by atoms with Crippen molar-refractivity contribution >= 4 is 17.6 Å². The summed E-state index contributed by atoms with van der Waals surface area (Å²) in [5.74, 6) is -0.120. The molecule has 0 bridgehead atoms. The van der Waals surface area contributed by atoms with Crippen molar-refractivity contribution in [1.29, 1.82) is 5.41 Å². The lowest BCUT2D eigenvalue weighted by Gasteiger charge is -2.07. The summed E-state index contributed by atoms with van der Waals surface area (Å²) in [6.07, 6.45) is 5.15. The van der Waals surface area contributed by atoms with E-state index in [0.717, 1.165) is 0 Å². The number of benzene rings is 1. The van der Waals surface area contributed by atoms with E-state index in [9.17, 15) is 4.79 Å². The Balaban J connectivity index is 2.72. The molecule has 1 aromatic carbocycles. The SMILES string of the molecule is C/C=C\C(=C/C)C(=O)Oc1ccc(NC(=N)N)cc1. The van der Waals surface area contributed by atoms with Crippen molar-refractivity contribution < 1.29 is 9.53 Å². The zero-order chi connectivity index (χ0) is 14.3. The molecule has 100 valence electrons. The van der Waals surface area contributed by atoms with Crippen LogP contribution in [0.4, 0.5) is 5.69 Å². The number of nitrogens with two attached hydrogens (primary N) is 1. The third kappa shape index (κ3) is 4.67. The molecule has 0 atom stereocenters. The fraction of sp³-hybridized carbons (Fsp3) is 0.143. The van der Waals surface area contributed by atoms with Crippen LogP contribution in [0.5, 0.6) is 5.75 Å². The molecule has 0 aliphatic heterocycles. The van der Waals surface area contributed by atoms with E-state index in [1.54, 1.807) is 49.4 Å². The number of rotatable bonds is 4. The van der Waals surface area contributed by atoms with Gasteiger partial charge in [0, 0.05) is 5.69 Å². The van der Waals surface area contributed by atoms with E-state index in [1.165, 1.54) is 0 Å². The van der Waals surface area contributed by atoms with E-state index in [4.69, 9.17) is 15.9 Å². The van der Waals surface area contributed by atoms with Gasteiger partial charge in [-0.05, 0) is 38.1 Å². The number of hydrogen-bond donors (Lipinski definition) is 3. The third-order valence-corrected chi connectivity index (χ3v) is 2.24. The molecule has 0 radical (unpaired) electrons. The number of guanidine groups is 1. The molecular formula is C14H17N3O2. The molecule has 0 saturated heterocycles. The second-order valence-electron chi connectivity index (χ2n) is 3.70. The lowest BCUT2D eigenvalue weighted by atomic mass is 10.2. The summed E-state index contributed by atoms with van der Waals surface area (Å²) in [6, 6.07) is 6.61. The molecule has 0 spiro atoms. The average molecular weight is 259 g/mol. The highest BCUT2D eigenvalue weighted by Crippen LogP contribution is 2.16. The first-order valence-corrected chi connectivity index (χ1v) is 5.79. The number of esters is 1. The predicted molar refractivity (Wildman–Crippen MR) is 76.2 cm³/mol. The van der Waals surface area contributed by atoms with Gasteiger partial charge in [0.1, 0.15) is 5.75 Å². The van der Waals surface area contributed by atoms with E-state index < -0.39 is 5.97 Å². The lowest BCUT2D eigenvalue weighted by molar-refractivity contribution is -0.129. The highest BCUT2D eigenvalue weighted by Gasteiger charge is 2.08. The number of ether oxygens (including phenoxy) is 1. The molecule has 0 aliphatic rings. The number of nitrogens with one attached hydrogen (secondary N) is 2. The molecule has 0 fully saturated rings. The van der Waals surface area contributed by atoms with Crippen LogP contribution in [0.25, 0.3) is 0 Å². The summed E-state index contributed by atoms with van der Waals surface area (Å²) >= 11 is 0. The van der Waals surface area contributed by atoms with Crippen LogP contribution in [0, 0.1) is 5.41 Å². The maximum Gasteiger partial charge on any atom is 0.343 e. The Labute approximate surface area is 112 Å². The van der Waals surface area contributed by atoms with Crippen LogP contribution in [0.3, 0.4) is 0 Å². The Bertz CT molecular complexity index is 516. The number of carbonyl (C=O) groups excluding carboxylic acids is 1. The Morgan fingerprint density at radius 3 is 2.42 bits per heavy atom. The Morgan fingerprint density at radius 2 is 1.95 bits per heavy atom. The largest absolute Gasteiger partial charge is 0.423 e. The van der Waals surface area contributed by atoms with Crippen molar-refractivity contribution in [3.05, 3.63) is 48.1 Å². The van der Waals surface area contributed by atoms with Crippen LogP contribution in [0.15, 0.2) is 48.1 Å². The summed E-state index contributed by atoms with van der Waals surface area (Å²) in [7, 11) is 0. The van der Waals surface area contributed by atoms with Crippen LogP contribution in [0.2, 0.25) is 0 Å². The van der Waals surface area contributed by atoms with Gasteiger partial charge in [-0.2, -0.15) is 0 Å². The van der Waals surface area contributed by atoms with Gasteiger partial charge >= 0.3 is 5.97 Å². The van der Waals surface area contributed by atoms with Crippen molar-refractivity contribution in [3.8, 4) is 5.75 Å². The number of hydrogen-bond acceptors (Lipinski definition) is 3. The molecule has 4 N–H and O–H groups in total. The normalized spacial score (nSPS) is 11.4. The lowest BCUT2D eigenvalue weighted by Crippen LogP contribution is -2.20. The number of allylic oxidation sites excluding steroid dienone is 2. The van der Waals surface area contributed by atoms with Crippen LogP contribution in [-0.4, -0.2) is 11.9 Å². The number of carbonyl (C=O) groups is 1. The van der Waals surface area contributed by atoms with E-state index in [2.05, 4.69) is 5.32 Å². The highest BCUT2D eigenvalue weighted by atomic mass is 16.5. The Hall–Kier alpha value is -2.56. The molecular weight excluding hydrogens is 242 g/mol. The standard InChI is InChI=1S/C14H17N3O2/c1-3-5-10(4-2)13(18)19-12-8-6-11(7-9-12)17-14(15)16/h3-9H,1-2H3,(H4,15,16,17)/b5-3-,10-4+. The van der Waals surface area contributed by atoms with Crippen LogP contribution >= 0.6 is 0 Å². The molecule has 0 heterocycles. The second kappa shape index (κ2) is 7.00. The first kappa shape index (κ1) is 14.5. The van der Waals surface area contributed by atoms with E-state index >= 15 is 0 Å². The van der Waals surface area contributed by atoms with Gasteiger partial charge in [-0.3, -0.25) is 5.41 Å². The van der Waals surface area contributed by atoms with Crippen LogP contribution in [-0.2, 0) is 4.79 Å². The topological polar surface area (TPSA) is 88.2 Å². The zero-order valence-corrected chi connectivity index (χ0v) is 10.9. The van der Waals surface area contributed by atoms with Gasteiger partial charge in [0.25, 0.3) is 0 Å². The number of anilines is 1. The van der Waals surface area contributed by atoms with Crippen molar-refractivity contribution in [2.24, 2.45) is 5.73 Å². The summed E-state index contributed by atoms with van der Waals surface area (Å²) in [4.78, 5) is 11.8. The fourth-order valence-corrected chi connectivity index (χ4v) is 1.39. The van der Waals surface area contributed by atoms with E-state index in [1.807, 2.05) is 6.92 Å². The van der Waals surface area contributed by atoms with Gasteiger partial charge < -0.3 is 15.8 Å². The zero-order valence-electron chi connectivity index (χ0n) is 10.9. The maximum absolute atomic E-state index is 11.8. The average Bonchev–Trinajstić information content (AvgIpc) is 2.37. The predicted octanol–water partition coefficient (Wildman–Crippen LogP) is 2.42. The van der Waals surface area contributed by atoms with Gasteiger partial charge in [-0.15, -0.1) is 0 Å². The van der Waals surface area contributed by atoms with Crippen LogP contribution < -0.4 is 15.8 Å². The molecule has 5 nitrogen and oxygen atoms in total. The van der Waals surface area contributed by atoms with Crippen LogP contribution in [0.1, 0.15) is 13.8 Å². The minimum absolute atomic E-state index is 0.144. The minimum Gasteiger partial charge on any atom is -0.423 e. The smallest absolute Gasteiger partial charge is 0.343 e. The molecule has 19 heavy (non-hydrogen) atoms. The summed E-state index contributed by atoms with van der Waals surface area (Å²) in [5.41, 5.74) is 6.36. The molecule has 1 rings (SSSR count). The van der Waals surface area contributed by atoms with Gasteiger partial charge in [0.2, 0.25) is 0 Å². The molecule has 1 aromatic rings. The van der Waals surface area contributed by atoms with Gasteiger partial charge in [0.15, 0.2) is 5.96 Å².